The number of para-hydroxylation sites is 1. The van der Waals surface area contributed by atoms with Crippen molar-refractivity contribution < 1.29 is 9.84 Å². The fraction of sp³-hybridized carbons (Fsp3) is 0.333. The number of nitrogens with one attached hydrogen (secondary N) is 1. The average molecular weight is 285 g/mol. The van der Waals surface area contributed by atoms with Gasteiger partial charge in [0.05, 0.1) is 7.11 Å². The van der Waals surface area contributed by atoms with Crippen LogP contribution in [0.15, 0.2) is 48.5 Å². The van der Waals surface area contributed by atoms with Gasteiger partial charge in [-0.05, 0) is 43.1 Å². The van der Waals surface area contributed by atoms with Crippen LogP contribution in [0.1, 0.15) is 30.5 Å². The van der Waals surface area contributed by atoms with E-state index in [1.807, 2.05) is 30.3 Å². The van der Waals surface area contributed by atoms with Gasteiger partial charge in [0, 0.05) is 11.6 Å². The molecule has 0 saturated heterocycles. The molecule has 1 atom stereocenters. The summed E-state index contributed by atoms with van der Waals surface area (Å²) in [6.45, 7) is 2.98. The molecule has 0 aliphatic heterocycles. The summed E-state index contributed by atoms with van der Waals surface area (Å²) in [5.41, 5.74) is 2.21. The first-order valence-corrected chi connectivity index (χ1v) is 7.38. The van der Waals surface area contributed by atoms with Crippen molar-refractivity contribution in [2.24, 2.45) is 0 Å². The van der Waals surface area contributed by atoms with Crippen molar-refractivity contribution in [3.8, 4) is 11.5 Å². The molecule has 3 heteroatoms. The van der Waals surface area contributed by atoms with Gasteiger partial charge in [-0.1, -0.05) is 37.3 Å². The van der Waals surface area contributed by atoms with Crippen LogP contribution in [0.5, 0.6) is 11.5 Å². The topological polar surface area (TPSA) is 41.5 Å². The number of ether oxygens (including phenoxy) is 1. The summed E-state index contributed by atoms with van der Waals surface area (Å²) in [6.07, 6.45) is 1.87. The van der Waals surface area contributed by atoms with E-state index in [9.17, 15) is 5.11 Å². The van der Waals surface area contributed by atoms with Crippen LogP contribution in [0.3, 0.4) is 0 Å². The highest BCUT2D eigenvalue weighted by Gasteiger charge is 2.11. The lowest BCUT2D eigenvalue weighted by Crippen LogP contribution is -2.23. The van der Waals surface area contributed by atoms with Crippen LogP contribution in [-0.2, 0) is 6.42 Å². The molecule has 0 fully saturated rings. The van der Waals surface area contributed by atoms with E-state index in [1.54, 1.807) is 13.2 Å². The zero-order chi connectivity index (χ0) is 15.1. The van der Waals surface area contributed by atoms with Gasteiger partial charge in [0.1, 0.15) is 11.5 Å². The van der Waals surface area contributed by atoms with Crippen LogP contribution >= 0.6 is 0 Å². The van der Waals surface area contributed by atoms with Crippen LogP contribution in [0, 0.1) is 0 Å². The number of phenolic OH excluding ortho intramolecular Hbond substituents is 1. The van der Waals surface area contributed by atoms with Gasteiger partial charge in [-0.25, -0.2) is 0 Å². The molecule has 0 aliphatic rings. The molecule has 0 bridgehead atoms. The largest absolute Gasteiger partial charge is 0.508 e. The molecule has 0 spiro atoms. The Morgan fingerprint density at radius 2 is 1.95 bits per heavy atom. The molecular formula is C18H23NO2. The fourth-order valence-electron chi connectivity index (χ4n) is 2.48. The van der Waals surface area contributed by atoms with Crippen molar-refractivity contribution in [3.63, 3.8) is 0 Å². The third-order valence-electron chi connectivity index (χ3n) is 3.66. The number of hydrogen-bond acceptors (Lipinski definition) is 3. The van der Waals surface area contributed by atoms with Crippen LogP contribution in [0.4, 0.5) is 0 Å². The van der Waals surface area contributed by atoms with Gasteiger partial charge >= 0.3 is 0 Å². The highest BCUT2D eigenvalue weighted by molar-refractivity contribution is 5.34. The molecule has 1 unspecified atom stereocenters. The summed E-state index contributed by atoms with van der Waals surface area (Å²) in [5, 5.41) is 13.5. The van der Waals surface area contributed by atoms with Crippen LogP contribution < -0.4 is 10.1 Å². The van der Waals surface area contributed by atoms with Gasteiger partial charge in [0.15, 0.2) is 0 Å². The molecule has 0 heterocycles. The summed E-state index contributed by atoms with van der Waals surface area (Å²) >= 11 is 0. The van der Waals surface area contributed by atoms with Crippen LogP contribution in [0.2, 0.25) is 0 Å². The Hall–Kier alpha value is -2.00. The minimum absolute atomic E-state index is 0.178. The van der Waals surface area contributed by atoms with Gasteiger partial charge in [-0.2, -0.15) is 0 Å². The van der Waals surface area contributed by atoms with Crippen molar-refractivity contribution in [1.29, 1.82) is 0 Å². The quantitative estimate of drug-likeness (QED) is 0.815. The first-order valence-electron chi connectivity index (χ1n) is 7.38. The summed E-state index contributed by atoms with van der Waals surface area (Å²) in [7, 11) is 1.68. The third kappa shape index (κ3) is 4.23. The van der Waals surface area contributed by atoms with Gasteiger partial charge in [0.2, 0.25) is 0 Å². The van der Waals surface area contributed by atoms with Gasteiger partial charge in [-0.3, -0.25) is 0 Å². The summed E-state index contributed by atoms with van der Waals surface area (Å²) in [6, 6.07) is 15.8. The molecule has 0 radical (unpaired) electrons. The number of hydrogen-bond donors (Lipinski definition) is 2. The predicted octanol–water partition coefficient (Wildman–Crippen LogP) is 3.68. The summed E-state index contributed by atoms with van der Waals surface area (Å²) in [5.74, 6) is 1.25. The lowest BCUT2D eigenvalue weighted by molar-refractivity contribution is 0.414. The Bertz CT molecular complexity index is 569. The molecule has 3 nitrogen and oxygen atoms in total. The van der Waals surface area contributed by atoms with E-state index in [4.69, 9.17) is 4.74 Å². The molecule has 21 heavy (non-hydrogen) atoms. The first kappa shape index (κ1) is 15.4. The maximum atomic E-state index is 9.94. The monoisotopic (exact) mass is 285 g/mol. The molecule has 0 amide bonds. The van der Waals surface area contributed by atoms with E-state index >= 15 is 0 Å². The number of benzene rings is 2. The number of methoxy groups -OCH3 is 1. The normalized spacial score (nSPS) is 12.1. The molecule has 0 saturated carbocycles. The molecule has 0 aliphatic carbocycles. The smallest absolute Gasteiger partial charge is 0.120 e. The van der Waals surface area contributed by atoms with E-state index < -0.39 is 0 Å². The van der Waals surface area contributed by atoms with Gasteiger partial charge < -0.3 is 15.2 Å². The number of phenols is 1. The summed E-state index contributed by atoms with van der Waals surface area (Å²) in [4.78, 5) is 0. The third-order valence-corrected chi connectivity index (χ3v) is 3.66. The van der Waals surface area contributed by atoms with Crippen LogP contribution in [-0.4, -0.2) is 18.8 Å². The minimum Gasteiger partial charge on any atom is -0.508 e. The van der Waals surface area contributed by atoms with Crippen molar-refractivity contribution in [3.05, 3.63) is 59.7 Å². The molecule has 2 N–H and O–H groups in total. The lowest BCUT2D eigenvalue weighted by atomic mass is 10.0. The summed E-state index contributed by atoms with van der Waals surface area (Å²) < 4.78 is 5.24. The van der Waals surface area contributed by atoms with Crippen molar-refractivity contribution in [1.82, 2.24) is 5.32 Å². The Morgan fingerprint density at radius 3 is 2.67 bits per heavy atom. The highest BCUT2D eigenvalue weighted by atomic mass is 16.5. The molecular weight excluding hydrogens is 262 g/mol. The van der Waals surface area contributed by atoms with E-state index in [0.717, 1.165) is 30.7 Å². The number of rotatable bonds is 7. The Kier molecular flexibility index (Phi) is 5.64. The highest BCUT2D eigenvalue weighted by Crippen LogP contribution is 2.25. The van der Waals surface area contributed by atoms with Crippen LogP contribution in [0.25, 0.3) is 0 Å². The molecule has 112 valence electrons. The van der Waals surface area contributed by atoms with Crippen molar-refractivity contribution in [2.45, 2.75) is 25.8 Å². The standard InChI is InChI=1S/C18H23NO2/c1-3-17(16-9-4-5-10-18(16)20)19-12-11-14-7-6-8-15(13-14)21-2/h4-10,13,17,19-20H,3,11-12H2,1-2H3. The second-order valence-electron chi connectivity index (χ2n) is 5.08. The Labute approximate surface area is 126 Å². The maximum Gasteiger partial charge on any atom is 0.120 e. The SMILES string of the molecule is CCC(NCCc1cccc(OC)c1)c1ccccc1O. The zero-order valence-corrected chi connectivity index (χ0v) is 12.7. The zero-order valence-electron chi connectivity index (χ0n) is 12.7. The first-order chi connectivity index (χ1) is 10.2. The van der Waals surface area contributed by atoms with Crippen molar-refractivity contribution in [2.75, 3.05) is 13.7 Å². The molecule has 2 aromatic carbocycles. The predicted molar refractivity (Wildman–Crippen MR) is 85.8 cm³/mol. The van der Waals surface area contributed by atoms with E-state index in [2.05, 4.69) is 24.4 Å². The molecule has 2 rings (SSSR count). The van der Waals surface area contributed by atoms with Gasteiger partial charge in [-0.15, -0.1) is 0 Å². The van der Waals surface area contributed by atoms with E-state index in [0.29, 0.717) is 5.75 Å². The van der Waals surface area contributed by atoms with Gasteiger partial charge in [0.25, 0.3) is 0 Å². The average Bonchev–Trinajstić information content (AvgIpc) is 2.53. The Morgan fingerprint density at radius 1 is 1.14 bits per heavy atom. The Balaban J connectivity index is 1.93. The fourth-order valence-corrected chi connectivity index (χ4v) is 2.48. The second kappa shape index (κ2) is 7.70. The minimum atomic E-state index is 0.178. The maximum absolute atomic E-state index is 9.94. The van der Waals surface area contributed by atoms with E-state index in [1.165, 1.54) is 5.56 Å². The van der Waals surface area contributed by atoms with Crippen molar-refractivity contribution >= 4 is 0 Å². The molecule has 0 aromatic heterocycles. The second-order valence-corrected chi connectivity index (χ2v) is 5.08. The molecule has 2 aromatic rings. The number of aromatic hydroxyl groups is 1. The lowest BCUT2D eigenvalue weighted by Gasteiger charge is -2.18. The van der Waals surface area contributed by atoms with E-state index in [-0.39, 0.29) is 6.04 Å².